The van der Waals surface area contributed by atoms with Gasteiger partial charge in [0.25, 0.3) is 11.2 Å². The maximum absolute atomic E-state index is 5.28. The topological polar surface area (TPSA) is 94.6 Å². The Labute approximate surface area is 118 Å². The molecule has 3 heterocycles. The molecule has 0 radical (unpaired) electrons. The van der Waals surface area contributed by atoms with Crippen LogP contribution in [-0.4, -0.2) is 36.8 Å². The molecular formula is C11H11N7OS. The molecule has 102 valence electrons. The molecule has 0 aromatic carbocycles. The van der Waals surface area contributed by atoms with Crippen molar-refractivity contribution in [2.24, 2.45) is 0 Å². The summed E-state index contributed by atoms with van der Waals surface area (Å²) < 4.78 is 6.84. The van der Waals surface area contributed by atoms with Crippen LogP contribution in [0.5, 0.6) is 0 Å². The molecule has 0 aliphatic heterocycles. The fraction of sp³-hybridized carbons (Fsp3) is 0.182. The van der Waals surface area contributed by atoms with Gasteiger partial charge in [-0.15, -0.1) is 0 Å². The second-order valence-corrected chi connectivity index (χ2v) is 4.72. The molecule has 3 rings (SSSR count). The number of nitrogens with one attached hydrogen (secondary N) is 1. The van der Waals surface area contributed by atoms with Crippen molar-refractivity contribution in [2.75, 3.05) is 12.4 Å². The lowest BCUT2D eigenvalue weighted by Crippen LogP contribution is -2.07. The molecule has 20 heavy (non-hydrogen) atoms. The molecule has 0 aliphatic carbocycles. The molecule has 0 bridgehead atoms. The average Bonchev–Trinajstić information content (AvgIpc) is 3.10. The van der Waals surface area contributed by atoms with Gasteiger partial charge in [0.2, 0.25) is 11.1 Å². The highest BCUT2D eigenvalue weighted by atomic mass is 32.2. The summed E-state index contributed by atoms with van der Waals surface area (Å²) in [5.41, 5.74) is 0.808. The molecule has 0 unspecified atom stereocenters. The second-order valence-electron chi connectivity index (χ2n) is 3.80. The lowest BCUT2D eigenvalue weighted by Gasteiger charge is -2.04. The number of hydrogen-bond acceptors (Lipinski definition) is 8. The Bertz CT molecular complexity index is 709. The zero-order chi connectivity index (χ0) is 13.9. The Kier molecular flexibility index (Phi) is 3.33. The normalized spacial score (nSPS) is 10.7. The first-order chi connectivity index (χ1) is 9.74. The van der Waals surface area contributed by atoms with Crippen LogP contribution in [0.4, 0.5) is 5.95 Å². The van der Waals surface area contributed by atoms with E-state index in [0.717, 1.165) is 5.69 Å². The van der Waals surface area contributed by atoms with Gasteiger partial charge in [0.05, 0.1) is 5.69 Å². The lowest BCUT2D eigenvalue weighted by atomic mass is 10.6. The fourth-order valence-corrected chi connectivity index (χ4v) is 2.15. The smallest absolute Gasteiger partial charge is 0.263 e. The molecule has 9 heteroatoms. The second kappa shape index (κ2) is 5.29. The minimum Gasteiger partial charge on any atom is -0.439 e. The minimum atomic E-state index is 0.431. The summed E-state index contributed by atoms with van der Waals surface area (Å²) >= 11 is 1.23. The van der Waals surface area contributed by atoms with Crippen LogP contribution in [0.3, 0.4) is 0 Å². The van der Waals surface area contributed by atoms with E-state index in [0.29, 0.717) is 22.3 Å². The van der Waals surface area contributed by atoms with E-state index < -0.39 is 0 Å². The van der Waals surface area contributed by atoms with Gasteiger partial charge in [-0.05, 0) is 13.0 Å². The maximum Gasteiger partial charge on any atom is 0.263 e. The van der Waals surface area contributed by atoms with Crippen LogP contribution in [0.25, 0.3) is 5.95 Å². The standard InChI is InChI=1S/C11H11N7OS/c1-7-6-19-11(14-7)20-10-16-8(12-2)15-9(17-10)18-5-3-4-13-18/h3-6H,1-2H3,(H,12,15,16,17). The average molecular weight is 289 g/mol. The van der Waals surface area contributed by atoms with Crippen molar-refractivity contribution in [1.82, 2.24) is 29.7 Å². The Balaban J connectivity index is 1.96. The number of aromatic nitrogens is 6. The monoisotopic (exact) mass is 289 g/mol. The van der Waals surface area contributed by atoms with Crippen LogP contribution in [0.1, 0.15) is 5.69 Å². The van der Waals surface area contributed by atoms with Crippen molar-refractivity contribution < 1.29 is 4.42 Å². The Hall–Kier alpha value is -2.42. The molecule has 3 aromatic rings. The molecule has 0 spiro atoms. The van der Waals surface area contributed by atoms with Gasteiger partial charge in [-0.2, -0.15) is 20.1 Å². The number of anilines is 1. The molecule has 0 fully saturated rings. The fourth-order valence-electron chi connectivity index (χ4n) is 1.45. The summed E-state index contributed by atoms with van der Waals surface area (Å²) in [6.07, 6.45) is 5.00. The van der Waals surface area contributed by atoms with E-state index in [1.807, 2.05) is 6.92 Å². The molecule has 0 aliphatic rings. The van der Waals surface area contributed by atoms with Crippen molar-refractivity contribution in [3.05, 3.63) is 30.4 Å². The lowest BCUT2D eigenvalue weighted by molar-refractivity contribution is 0.453. The molecule has 8 nitrogen and oxygen atoms in total. The van der Waals surface area contributed by atoms with E-state index >= 15 is 0 Å². The zero-order valence-corrected chi connectivity index (χ0v) is 11.6. The summed E-state index contributed by atoms with van der Waals surface area (Å²) in [5, 5.41) is 7.97. The van der Waals surface area contributed by atoms with Crippen LogP contribution < -0.4 is 5.32 Å². The Morgan fingerprint density at radius 2 is 2.15 bits per heavy atom. The molecule has 0 saturated heterocycles. The summed E-state index contributed by atoms with van der Waals surface area (Å²) in [5.74, 6) is 0.886. The third-order valence-corrected chi connectivity index (χ3v) is 3.04. The summed E-state index contributed by atoms with van der Waals surface area (Å²) in [6.45, 7) is 1.86. The molecule has 0 amide bonds. The Morgan fingerprint density at radius 3 is 2.80 bits per heavy atom. The highest BCUT2D eigenvalue weighted by Gasteiger charge is 2.11. The van der Waals surface area contributed by atoms with Gasteiger partial charge < -0.3 is 9.73 Å². The predicted molar refractivity (Wildman–Crippen MR) is 71.9 cm³/mol. The molecular weight excluding hydrogens is 278 g/mol. The quantitative estimate of drug-likeness (QED) is 0.773. The van der Waals surface area contributed by atoms with Crippen molar-refractivity contribution in [3.8, 4) is 5.95 Å². The number of rotatable bonds is 4. The van der Waals surface area contributed by atoms with Gasteiger partial charge in [0.1, 0.15) is 6.26 Å². The third-order valence-electron chi connectivity index (χ3n) is 2.31. The van der Waals surface area contributed by atoms with Crippen LogP contribution in [0, 0.1) is 6.92 Å². The van der Waals surface area contributed by atoms with E-state index in [-0.39, 0.29) is 0 Å². The number of nitrogens with zero attached hydrogens (tertiary/aromatic N) is 6. The molecule has 1 N–H and O–H groups in total. The first kappa shape index (κ1) is 12.6. The number of oxazole rings is 1. The van der Waals surface area contributed by atoms with Crippen molar-refractivity contribution in [1.29, 1.82) is 0 Å². The SMILES string of the molecule is CNc1nc(Sc2nc(C)co2)nc(-n2cccn2)n1. The largest absolute Gasteiger partial charge is 0.439 e. The highest BCUT2D eigenvalue weighted by Crippen LogP contribution is 2.24. The highest BCUT2D eigenvalue weighted by molar-refractivity contribution is 7.98. The van der Waals surface area contributed by atoms with Crippen LogP contribution in [-0.2, 0) is 0 Å². The summed E-state index contributed by atoms with van der Waals surface area (Å²) in [7, 11) is 1.74. The van der Waals surface area contributed by atoms with Gasteiger partial charge in [-0.3, -0.25) is 0 Å². The minimum absolute atomic E-state index is 0.431. The van der Waals surface area contributed by atoms with Crippen molar-refractivity contribution >= 4 is 17.7 Å². The number of aryl methyl sites for hydroxylation is 1. The zero-order valence-electron chi connectivity index (χ0n) is 10.8. The summed E-state index contributed by atoms with van der Waals surface area (Å²) in [6, 6.07) is 1.80. The van der Waals surface area contributed by atoms with Crippen LogP contribution in [0.15, 0.2) is 39.5 Å². The third kappa shape index (κ3) is 2.62. The van der Waals surface area contributed by atoms with Gasteiger partial charge in [0, 0.05) is 31.2 Å². The first-order valence-electron chi connectivity index (χ1n) is 5.78. The van der Waals surface area contributed by atoms with Gasteiger partial charge in [0.15, 0.2) is 0 Å². The van der Waals surface area contributed by atoms with E-state index in [1.165, 1.54) is 11.8 Å². The predicted octanol–water partition coefficient (Wildman–Crippen LogP) is 1.55. The van der Waals surface area contributed by atoms with Gasteiger partial charge in [-0.1, -0.05) is 0 Å². The van der Waals surface area contributed by atoms with Gasteiger partial charge in [-0.25, -0.2) is 9.67 Å². The van der Waals surface area contributed by atoms with Crippen molar-refractivity contribution in [3.63, 3.8) is 0 Å². The van der Waals surface area contributed by atoms with Crippen LogP contribution in [0.2, 0.25) is 0 Å². The van der Waals surface area contributed by atoms with E-state index in [2.05, 4.69) is 30.4 Å². The Morgan fingerprint density at radius 1 is 1.25 bits per heavy atom. The maximum atomic E-state index is 5.28. The molecule has 3 aromatic heterocycles. The molecule has 0 atom stereocenters. The summed E-state index contributed by atoms with van der Waals surface area (Å²) in [4.78, 5) is 17.0. The van der Waals surface area contributed by atoms with Gasteiger partial charge >= 0.3 is 0 Å². The molecule has 0 saturated carbocycles. The van der Waals surface area contributed by atoms with E-state index in [9.17, 15) is 0 Å². The number of hydrogen-bond donors (Lipinski definition) is 1. The first-order valence-corrected chi connectivity index (χ1v) is 6.60. The van der Waals surface area contributed by atoms with Crippen LogP contribution >= 0.6 is 11.8 Å². The van der Waals surface area contributed by atoms with Crippen molar-refractivity contribution in [2.45, 2.75) is 17.3 Å². The van der Waals surface area contributed by atoms with E-state index in [4.69, 9.17) is 4.42 Å². The van der Waals surface area contributed by atoms with E-state index in [1.54, 1.807) is 36.5 Å².